The molecule has 3 aliphatic heterocycles. The van der Waals surface area contributed by atoms with Crippen molar-refractivity contribution < 1.29 is 4.79 Å². The summed E-state index contributed by atoms with van der Waals surface area (Å²) in [5.74, 6) is 2.60. The van der Waals surface area contributed by atoms with Crippen molar-refractivity contribution in [2.24, 2.45) is 0 Å². The van der Waals surface area contributed by atoms with Gasteiger partial charge in [-0.25, -0.2) is 0 Å². The Morgan fingerprint density at radius 3 is 2.42 bits per heavy atom. The van der Waals surface area contributed by atoms with Gasteiger partial charge in [0.05, 0.1) is 0 Å². The van der Waals surface area contributed by atoms with Gasteiger partial charge in [-0.2, -0.15) is 11.8 Å². The van der Waals surface area contributed by atoms with Gasteiger partial charge >= 0.3 is 0 Å². The molecule has 1 amide bonds. The van der Waals surface area contributed by atoms with E-state index in [4.69, 9.17) is 0 Å². The molecule has 3 rings (SSSR count). The van der Waals surface area contributed by atoms with Crippen molar-refractivity contribution in [1.82, 2.24) is 20.0 Å². The molecule has 0 radical (unpaired) electrons. The SMILES string of the molecule is CC1CCC(C)N1CCN1CCN(C(=O)CC2CSCCN2)CC1. The molecule has 0 bridgehead atoms. The standard InChI is InChI=1S/C18H34N4OS/c1-15-3-4-16(2)22(15)11-8-20-6-9-21(10-7-20)18(23)13-17-14-24-12-5-19-17/h15-17,19H,3-14H2,1-2H3. The first-order valence-corrected chi connectivity index (χ1v) is 10.9. The molecule has 0 aromatic heterocycles. The van der Waals surface area contributed by atoms with Crippen molar-refractivity contribution in [2.75, 3.05) is 57.3 Å². The smallest absolute Gasteiger partial charge is 0.224 e. The lowest BCUT2D eigenvalue weighted by Crippen LogP contribution is -2.52. The van der Waals surface area contributed by atoms with Crippen molar-refractivity contribution in [3.05, 3.63) is 0 Å². The Kier molecular flexibility index (Phi) is 6.84. The highest BCUT2D eigenvalue weighted by Crippen LogP contribution is 2.23. The van der Waals surface area contributed by atoms with Crippen LogP contribution in [0.25, 0.3) is 0 Å². The maximum atomic E-state index is 12.5. The van der Waals surface area contributed by atoms with Gasteiger partial charge < -0.3 is 10.2 Å². The number of carbonyl (C=O) groups is 1. The molecule has 5 nitrogen and oxygen atoms in total. The minimum atomic E-state index is 0.344. The van der Waals surface area contributed by atoms with Crippen LogP contribution in [0.15, 0.2) is 0 Å². The average molecular weight is 355 g/mol. The molecule has 3 heterocycles. The molecule has 0 aromatic carbocycles. The highest BCUT2D eigenvalue weighted by atomic mass is 32.2. The predicted octanol–water partition coefficient (Wildman–Crippen LogP) is 1.10. The molecule has 0 aliphatic carbocycles. The molecule has 3 atom stereocenters. The highest BCUT2D eigenvalue weighted by molar-refractivity contribution is 7.99. The first kappa shape index (κ1) is 18.5. The van der Waals surface area contributed by atoms with E-state index in [-0.39, 0.29) is 0 Å². The van der Waals surface area contributed by atoms with E-state index >= 15 is 0 Å². The molecule has 138 valence electrons. The molecule has 0 aromatic rings. The third-order valence-corrected chi connectivity index (χ3v) is 7.08. The number of likely N-dealkylation sites (tertiary alicyclic amines) is 1. The lowest BCUT2D eigenvalue weighted by Gasteiger charge is -2.37. The van der Waals surface area contributed by atoms with E-state index in [9.17, 15) is 4.79 Å². The van der Waals surface area contributed by atoms with Crippen LogP contribution in [-0.2, 0) is 4.79 Å². The quantitative estimate of drug-likeness (QED) is 0.800. The van der Waals surface area contributed by atoms with Gasteiger partial charge in [-0.15, -0.1) is 0 Å². The van der Waals surface area contributed by atoms with Crippen LogP contribution in [0.1, 0.15) is 33.1 Å². The van der Waals surface area contributed by atoms with E-state index in [1.807, 2.05) is 11.8 Å². The summed E-state index contributed by atoms with van der Waals surface area (Å²) < 4.78 is 0. The fraction of sp³-hybridized carbons (Fsp3) is 0.944. The number of nitrogens with one attached hydrogen (secondary N) is 1. The van der Waals surface area contributed by atoms with Gasteiger partial charge in [-0.1, -0.05) is 0 Å². The predicted molar refractivity (Wildman–Crippen MR) is 102 cm³/mol. The summed E-state index contributed by atoms with van der Waals surface area (Å²) >= 11 is 1.96. The number of rotatable bonds is 5. The zero-order valence-corrected chi connectivity index (χ0v) is 16.2. The fourth-order valence-corrected chi connectivity index (χ4v) is 5.21. The van der Waals surface area contributed by atoms with E-state index in [1.165, 1.54) is 25.1 Å². The lowest BCUT2D eigenvalue weighted by atomic mass is 10.2. The van der Waals surface area contributed by atoms with Crippen LogP contribution in [0, 0.1) is 0 Å². The molecule has 0 saturated carbocycles. The summed E-state index contributed by atoms with van der Waals surface area (Å²) in [7, 11) is 0. The number of hydrogen-bond donors (Lipinski definition) is 1. The average Bonchev–Trinajstić information content (AvgIpc) is 2.92. The normalized spacial score (nSPS) is 33.1. The topological polar surface area (TPSA) is 38.8 Å². The van der Waals surface area contributed by atoms with Crippen molar-refractivity contribution in [3.63, 3.8) is 0 Å². The van der Waals surface area contributed by atoms with Crippen LogP contribution < -0.4 is 5.32 Å². The summed E-state index contributed by atoms with van der Waals surface area (Å²) in [5.41, 5.74) is 0. The molecule has 3 aliphatic rings. The molecule has 3 unspecified atom stereocenters. The maximum Gasteiger partial charge on any atom is 0.224 e. The Balaban J connectivity index is 1.35. The second-order valence-electron chi connectivity index (χ2n) is 7.67. The monoisotopic (exact) mass is 354 g/mol. The Bertz CT molecular complexity index is 398. The number of amides is 1. The van der Waals surface area contributed by atoms with Crippen LogP contribution in [0.5, 0.6) is 0 Å². The van der Waals surface area contributed by atoms with Crippen molar-refractivity contribution >= 4 is 17.7 Å². The number of piperazine rings is 1. The van der Waals surface area contributed by atoms with Crippen LogP contribution in [0.4, 0.5) is 0 Å². The molecule has 1 N–H and O–H groups in total. The van der Waals surface area contributed by atoms with Crippen LogP contribution >= 0.6 is 11.8 Å². The minimum absolute atomic E-state index is 0.344. The van der Waals surface area contributed by atoms with Crippen LogP contribution in [-0.4, -0.2) is 96.1 Å². The van der Waals surface area contributed by atoms with Crippen molar-refractivity contribution in [2.45, 2.75) is 51.2 Å². The molecule has 3 saturated heterocycles. The first-order chi connectivity index (χ1) is 11.6. The molecular weight excluding hydrogens is 320 g/mol. The Morgan fingerprint density at radius 2 is 1.79 bits per heavy atom. The van der Waals surface area contributed by atoms with Gasteiger partial charge in [0.2, 0.25) is 5.91 Å². The summed E-state index contributed by atoms with van der Waals surface area (Å²) in [6.07, 6.45) is 3.36. The summed E-state index contributed by atoms with van der Waals surface area (Å²) in [6.45, 7) is 12.0. The fourth-order valence-electron chi connectivity index (χ4n) is 4.26. The number of nitrogens with zero attached hydrogens (tertiary/aromatic N) is 3. The second kappa shape index (κ2) is 8.88. The second-order valence-corrected chi connectivity index (χ2v) is 8.82. The van der Waals surface area contributed by atoms with E-state index in [0.717, 1.165) is 57.1 Å². The summed E-state index contributed by atoms with van der Waals surface area (Å²) in [4.78, 5) is 19.8. The van der Waals surface area contributed by atoms with E-state index in [2.05, 4.69) is 33.9 Å². The van der Waals surface area contributed by atoms with E-state index < -0.39 is 0 Å². The molecule has 0 spiro atoms. The zero-order chi connectivity index (χ0) is 16.9. The molecular formula is C18H34N4OS. The van der Waals surface area contributed by atoms with Crippen LogP contribution in [0.2, 0.25) is 0 Å². The largest absolute Gasteiger partial charge is 0.340 e. The summed E-state index contributed by atoms with van der Waals surface area (Å²) in [5, 5.41) is 3.47. The Morgan fingerprint density at radius 1 is 1.08 bits per heavy atom. The highest BCUT2D eigenvalue weighted by Gasteiger charge is 2.28. The van der Waals surface area contributed by atoms with E-state index in [1.54, 1.807) is 0 Å². The van der Waals surface area contributed by atoms with Crippen molar-refractivity contribution in [3.8, 4) is 0 Å². The van der Waals surface area contributed by atoms with Gasteiger partial charge in [-0.3, -0.25) is 14.6 Å². The molecule has 6 heteroatoms. The number of carbonyl (C=O) groups excluding carboxylic acids is 1. The van der Waals surface area contributed by atoms with E-state index in [0.29, 0.717) is 18.4 Å². The van der Waals surface area contributed by atoms with Crippen molar-refractivity contribution in [1.29, 1.82) is 0 Å². The van der Waals surface area contributed by atoms with Gasteiger partial charge in [0.15, 0.2) is 0 Å². The van der Waals surface area contributed by atoms with Gasteiger partial charge in [0, 0.05) is 81.9 Å². The third kappa shape index (κ3) is 4.87. The lowest BCUT2D eigenvalue weighted by molar-refractivity contribution is -0.133. The van der Waals surface area contributed by atoms with Gasteiger partial charge in [-0.05, 0) is 26.7 Å². The number of thioether (sulfide) groups is 1. The third-order valence-electron chi connectivity index (χ3n) is 5.95. The van der Waals surface area contributed by atoms with Gasteiger partial charge in [0.25, 0.3) is 0 Å². The first-order valence-electron chi connectivity index (χ1n) is 9.70. The molecule has 24 heavy (non-hydrogen) atoms. The van der Waals surface area contributed by atoms with Crippen LogP contribution in [0.3, 0.4) is 0 Å². The molecule has 3 fully saturated rings. The summed E-state index contributed by atoms with van der Waals surface area (Å²) in [6, 6.07) is 1.86. The Hall–Kier alpha value is -0.300. The number of hydrogen-bond acceptors (Lipinski definition) is 5. The maximum absolute atomic E-state index is 12.5. The Labute approximate surface area is 151 Å². The van der Waals surface area contributed by atoms with Gasteiger partial charge in [0.1, 0.15) is 0 Å². The minimum Gasteiger partial charge on any atom is -0.340 e. The zero-order valence-electron chi connectivity index (χ0n) is 15.4.